The number of rotatable bonds is 4. The molecule has 0 aliphatic heterocycles. The van der Waals surface area contributed by atoms with E-state index >= 15 is 0 Å². The van der Waals surface area contributed by atoms with Crippen LogP contribution in [0.5, 0.6) is 0 Å². The third-order valence-corrected chi connectivity index (χ3v) is 3.33. The van der Waals surface area contributed by atoms with Crippen LogP contribution in [0.15, 0.2) is 65.9 Å². The number of hydrogen-bond donors (Lipinski definition) is 2. The third-order valence-electron chi connectivity index (χ3n) is 3.33. The Kier molecular flexibility index (Phi) is 6.30. The second-order valence-electron chi connectivity index (χ2n) is 5.15. The van der Waals surface area contributed by atoms with E-state index in [1.807, 2.05) is 66.1 Å². The monoisotopic (exact) mass is 434 g/mol. The molecule has 24 heavy (non-hydrogen) atoms. The highest BCUT2D eigenvalue weighted by molar-refractivity contribution is 14.0. The number of nitrogens with zero attached hydrogens (tertiary/aromatic N) is 4. The Morgan fingerprint density at radius 3 is 2.71 bits per heavy atom. The van der Waals surface area contributed by atoms with Crippen molar-refractivity contribution in [3.8, 4) is 5.69 Å². The number of anilines is 1. The molecule has 1 heterocycles. The normalized spacial score (nSPS) is 11.0. The molecule has 0 fully saturated rings. The van der Waals surface area contributed by atoms with Crippen molar-refractivity contribution in [1.82, 2.24) is 14.8 Å². The Morgan fingerprint density at radius 2 is 1.96 bits per heavy atom. The minimum Gasteiger partial charge on any atom is -0.370 e. The van der Waals surface area contributed by atoms with Crippen LogP contribution in [-0.2, 0) is 6.54 Å². The highest BCUT2D eigenvalue weighted by Crippen LogP contribution is 2.11. The SMILES string of the molecule is Cc1cccc(NC(N)=NCc2nncn2-c2ccccc2)c1.I. The van der Waals surface area contributed by atoms with Crippen molar-refractivity contribution in [2.45, 2.75) is 13.5 Å². The Balaban J connectivity index is 0.00000208. The van der Waals surface area contributed by atoms with Crippen molar-refractivity contribution in [1.29, 1.82) is 0 Å². The lowest BCUT2D eigenvalue weighted by Gasteiger charge is -2.07. The van der Waals surface area contributed by atoms with E-state index in [9.17, 15) is 0 Å². The second kappa shape index (κ2) is 8.44. The molecule has 0 spiro atoms. The van der Waals surface area contributed by atoms with Gasteiger partial charge in [-0.15, -0.1) is 34.2 Å². The molecular weight excluding hydrogens is 415 g/mol. The maximum atomic E-state index is 5.94. The number of hydrogen-bond acceptors (Lipinski definition) is 3. The topological polar surface area (TPSA) is 81.1 Å². The summed E-state index contributed by atoms with van der Waals surface area (Å²) in [6.45, 7) is 2.38. The average Bonchev–Trinajstić information content (AvgIpc) is 3.02. The summed E-state index contributed by atoms with van der Waals surface area (Å²) in [5.74, 6) is 1.07. The van der Waals surface area contributed by atoms with Crippen molar-refractivity contribution in [2.24, 2.45) is 10.7 Å². The van der Waals surface area contributed by atoms with Crippen molar-refractivity contribution < 1.29 is 0 Å². The fourth-order valence-electron chi connectivity index (χ4n) is 2.24. The van der Waals surface area contributed by atoms with Gasteiger partial charge in [0.05, 0.1) is 0 Å². The van der Waals surface area contributed by atoms with Crippen molar-refractivity contribution in [3.05, 3.63) is 72.3 Å². The molecular formula is C17H19IN6. The summed E-state index contributed by atoms with van der Waals surface area (Å²) in [5, 5.41) is 11.1. The quantitative estimate of drug-likeness (QED) is 0.376. The number of halogens is 1. The lowest BCUT2D eigenvalue weighted by atomic mass is 10.2. The zero-order chi connectivity index (χ0) is 16.1. The van der Waals surface area contributed by atoms with Gasteiger partial charge in [-0.25, -0.2) is 4.99 Å². The maximum Gasteiger partial charge on any atom is 0.193 e. The van der Waals surface area contributed by atoms with Gasteiger partial charge in [-0.05, 0) is 36.8 Å². The van der Waals surface area contributed by atoms with Gasteiger partial charge in [0.2, 0.25) is 0 Å². The molecule has 3 N–H and O–H groups in total. The molecule has 0 saturated carbocycles. The Morgan fingerprint density at radius 1 is 1.17 bits per heavy atom. The maximum absolute atomic E-state index is 5.94. The molecule has 7 heteroatoms. The first kappa shape index (κ1) is 17.9. The molecule has 0 unspecified atom stereocenters. The fraction of sp³-hybridized carbons (Fsp3) is 0.118. The summed E-state index contributed by atoms with van der Waals surface area (Å²) in [6.07, 6.45) is 1.67. The van der Waals surface area contributed by atoms with Gasteiger partial charge in [0.15, 0.2) is 11.8 Å². The molecule has 3 aromatic rings. The second-order valence-corrected chi connectivity index (χ2v) is 5.15. The first-order chi connectivity index (χ1) is 11.2. The van der Waals surface area contributed by atoms with Gasteiger partial charge < -0.3 is 11.1 Å². The first-order valence-corrected chi connectivity index (χ1v) is 7.30. The summed E-state index contributed by atoms with van der Waals surface area (Å²) in [4.78, 5) is 4.34. The minimum absolute atomic E-state index is 0. The summed E-state index contributed by atoms with van der Waals surface area (Å²) in [6, 6.07) is 17.8. The number of nitrogens with one attached hydrogen (secondary N) is 1. The van der Waals surface area contributed by atoms with Crippen molar-refractivity contribution in [2.75, 3.05) is 5.32 Å². The highest BCUT2D eigenvalue weighted by atomic mass is 127. The molecule has 0 aliphatic carbocycles. The Labute approximate surface area is 157 Å². The average molecular weight is 434 g/mol. The number of nitrogens with two attached hydrogens (primary N) is 1. The van der Waals surface area contributed by atoms with Gasteiger partial charge in [0.1, 0.15) is 12.9 Å². The molecule has 3 rings (SSSR count). The van der Waals surface area contributed by atoms with E-state index in [4.69, 9.17) is 5.73 Å². The van der Waals surface area contributed by atoms with Gasteiger partial charge in [0, 0.05) is 11.4 Å². The van der Waals surface area contributed by atoms with E-state index < -0.39 is 0 Å². The molecule has 0 atom stereocenters. The van der Waals surface area contributed by atoms with Crippen LogP contribution in [-0.4, -0.2) is 20.7 Å². The zero-order valence-corrected chi connectivity index (χ0v) is 15.6. The third kappa shape index (κ3) is 4.54. The smallest absolute Gasteiger partial charge is 0.193 e. The summed E-state index contributed by atoms with van der Waals surface area (Å²) in [7, 11) is 0. The number of aromatic nitrogens is 3. The molecule has 0 radical (unpaired) electrons. The zero-order valence-electron chi connectivity index (χ0n) is 13.3. The number of benzene rings is 2. The largest absolute Gasteiger partial charge is 0.370 e. The Bertz CT molecular complexity index is 813. The molecule has 124 valence electrons. The van der Waals surface area contributed by atoms with Gasteiger partial charge >= 0.3 is 0 Å². The van der Waals surface area contributed by atoms with E-state index in [1.54, 1.807) is 6.33 Å². The fourth-order valence-corrected chi connectivity index (χ4v) is 2.24. The van der Waals surface area contributed by atoms with Crippen LogP contribution >= 0.6 is 24.0 Å². The summed E-state index contributed by atoms with van der Waals surface area (Å²) < 4.78 is 1.89. The van der Waals surface area contributed by atoms with Gasteiger partial charge in [-0.3, -0.25) is 4.57 Å². The van der Waals surface area contributed by atoms with Crippen LogP contribution in [0.4, 0.5) is 5.69 Å². The molecule has 2 aromatic carbocycles. The van der Waals surface area contributed by atoms with E-state index in [0.29, 0.717) is 12.5 Å². The van der Waals surface area contributed by atoms with Crippen molar-refractivity contribution in [3.63, 3.8) is 0 Å². The molecule has 0 bridgehead atoms. The highest BCUT2D eigenvalue weighted by Gasteiger charge is 2.05. The number of aryl methyl sites for hydroxylation is 1. The van der Waals surface area contributed by atoms with E-state index in [-0.39, 0.29) is 24.0 Å². The molecule has 0 saturated heterocycles. The van der Waals surface area contributed by atoms with Crippen LogP contribution < -0.4 is 11.1 Å². The van der Waals surface area contributed by atoms with Crippen LogP contribution in [0.2, 0.25) is 0 Å². The van der Waals surface area contributed by atoms with Crippen LogP contribution in [0.1, 0.15) is 11.4 Å². The summed E-state index contributed by atoms with van der Waals surface area (Å²) in [5.41, 5.74) is 9.01. The number of guanidine groups is 1. The standard InChI is InChI=1S/C17H18N6.HI/c1-13-6-5-7-14(10-13)21-17(18)19-11-16-22-20-12-23(16)15-8-3-2-4-9-15;/h2-10,12H,11H2,1H3,(H3,18,19,21);1H. The van der Waals surface area contributed by atoms with Gasteiger partial charge in [-0.2, -0.15) is 0 Å². The van der Waals surface area contributed by atoms with E-state index in [0.717, 1.165) is 22.8 Å². The Hall–Kier alpha value is -2.42. The predicted molar refractivity (Wildman–Crippen MR) is 107 cm³/mol. The molecule has 0 amide bonds. The van der Waals surface area contributed by atoms with Crippen LogP contribution in [0.3, 0.4) is 0 Å². The minimum atomic E-state index is 0. The lowest BCUT2D eigenvalue weighted by Crippen LogP contribution is -2.22. The first-order valence-electron chi connectivity index (χ1n) is 7.30. The van der Waals surface area contributed by atoms with Gasteiger partial charge in [0.25, 0.3) is 0 Å². The van der Waals surface area contributed by atoms with E-state index in [2.05, 4.69) is 20.5 Å². The summed E-state index contributed by atoms with van der Waals surface area (Å²) >= 11 is 0. The lowest BCUT2D eigenvalue weighted by molar-refractivity contribution is 0.859. The van der Waals surface area contributed by atoms with Crippen LogP contribution in [0.25, 0.3) is 5.69 Å². The number of aliphatic imine (C=N–C) groups is 1. The molecule has 0 aliphatic rings. The molecule has 6 nitrogen and oxygen atoms in total. The number of para-hydroxylation sites is 1. The molecule has 1 aromatic heterocycles. The predicted octanol–water partition coefficient (Wildman–Crippen LogP) is 3.12. The van der Waals surface area contributed by atoms with Crippen molar-refractivity contribution >= 4 is 35.6 Å². The van der Waals surface area contributed by atoms with Crippen LogP contribution in [0, 0.1) is 6.92 Å². The van der Waals surface area contributed by atoms with Gasteiger partial charge in [-0.1, -0.05) is 30.3 Å². The van der Waals surface area contributed by atoms with E-state index in [1.165, 1.54) is 0 Å².